The van der Waals surface area contributed by atoms with Gasteiger partial charge in [0, 0.05) is 12.2 Å². The van der Waals surface area contributed by atoms with E-state index in [-0.39, 0.29) is 0 Å². The van der Waals surface area contributed by atoms with Crippen molar-refractivity contribution >= 4 is 5.82 Å². The van der Waals surface area contributed by atoms with Gasteiger partial charge < -0.3 is 10.3 Å². The van der Waals surface area contributed by atoms with E-state index < -0.39 is 0 Å². The molecular formula is C9H14N2. The third-order valence-corrected chi connectivity index (χ3v) is 2.14. The summed E-state index contributed by atoms with van der Waals surface area (Å²) in [6, 6.07) is 2.89. The highest BCUT2D eigenvalue weighted by Gasteiger charge is 2.21. The van der Waals surface area contributed by atoms with Crippen LogP contribution in [0.2, 0.25) is 0 Å². The van der Waals surface area contributed by atoms with Gasteiger partial charge in [0.05, 0.1) is 0 Å². The Kier molecular flexibility index (Phi) is 1.60. The zero-order valence-corrected chi connectivity index (χ0v) is 6.85. The van der Waals surface area contributed by atoms with Gasteiger partial charge in [-0.1, -0.05) is 6.92 Å². The van der Waals surface area contributed by atoms with Crippen molar-refractivity contribution in [3.63, 3.8) is 0 Å². The van der Waals surface area contributed by atoms with Gasteiger partial charge in [0.1, 0.15) is 5.82 Å². The fraction of sp³-hybridized carbons (Fsp3) is 0.556. The van der Waals surface area contributed by atoms with E-state index in [1.165, 1.54) is 24.2 Å². The van der Waals surface area contributed by atoms with Crippen LogP contribution < -0.4 is 5.32 Å². The van der Waals surface area contributed by atoms with Crippen molar-refractivity contribution < 1.29 is 0 Å². The molecular weight excluding hydrogens is 136 g/mol. The first-order valence-electron chi connectivity index (χ1n) is 4.33. The molecule has 2 N–H and O–H groups in total. The molecule has 0 amide bonds. The lowest BCUT2D eigenvalue weighted by molar-refractivity contribution is 1.08. The van der Waals surface area contributed by atoms with Crippen LogP contribution in [0.4, 0.5) is 5.82 Å². The van der Waals surface area contributed by atoms with Gasteiger partial charge in [0.15, 0.2) is 0 Å². The lowest BCUT2D eigenvalue weighted by Crippen LogP contribution is -2.02. The zero-order valence-electron chi connectivity index (χ0n) is 6.85. The molecule has 0 saturated heterocycles. The van der Waals surface area contributed by atoms with Crippen LogP contribution in [0, 0.1) is 0 Å². The molecule has 1 fully saturated rings. The van der Waals surface area contributed by atoms with Gasteiger partial charge in [-0.25, -0.2) is 0 Å². The maximum absolute atomic E-state index is 3.46. The minimum atomic E-state index is 0.749. The molecule has 0 bridgehead atoms. The van der Waals surface area contributed by atoms with Gasteiger partial charge in [-0.05, 0) is 30.9 Å². The van der Waals surface area contributed by atoms with Crippen molar-refractivity contribution in [2.75, 3.05) is 5.32 Å². The largest absolute Gasteiger partial charge is 0.369 e. The Morgan fingerprint density at radius 1 is 1.64 bits per heavy atom. The monoisotopic (exact) mass is 150 g/mol. The number of aromatic amines is 1. The van der Waals surface area contributed by atoms with Gasteiger partial charge in [0.2, 0.25) is 0 Å². The third kappa shape index (κ3) is 1.39. The highest BCUT2D eigenvalue weighted by atomic mass is 15.0. The van der Waals surface area contributed by atoms with Crippen molar-refractivity contribution in [3.05, 3.63) is 17.8 Å². The molecule has 0 radical (unpaired) electrons. The minimum absolute atomic E-state index is 0.749. The molecule has 2 rings (SSSR count). The molecule has 1 saturated carbocycles. The van der Waals surface area contributed by atoms with E-state index in [1.54, 1.807) is 0 Å². The molecule has 1 aromatic heterocycles. The quantitative estimate of drug-likeness (QED) is 0.679. The molecule has 11 heavy (non-hydrogen) atoms. The fourth-order valence-corrected chi connectivity index (χ4v) is 1.26. The van der Waals surface area contributed by atoms with E-state index >= 15 is 0 Å². The number of anilines is 1. The second kappa shape index (κ2) is 2.61. The normalized spacial score (nSPS) is 16.8. The first-order valence-corrected chi connectivity index (χ1v) is 4.33. The summed E-state index contributed by atoms with van der Waals surface area (Å²) in [6.07, 6.45) is 5.78. The summed E-state index contributed by atoms with van der Waals surface area (Å²) in [4.78, 5) is 3.22. The molecule has 0 unspecified atom stereocenters. The summed E-state index contributed by atoms with van der Waals surface area (Å²) in [5.74, 6) is 1.23. The lowest BCUT2D eigenvalue weighted by atomic mass is 10.2. The predicted octanol–water partition coefficient (Wildman–Crippen LogP) is 2.15. The predicted molar refractivity (Wildman–Crippen MR) is 46.8 cm³/mol. The zero-order chi connectivity index (χ0) is 7.68. The Bertz CT molecular complexity index is 235. The minimum Gasteiger partial charge on any atom is -0.369 e. The molecule has 0 atom stereocenters. The number of H-pyrrole nitrogens is 1. The Morgan fingerprint density at radius 2 is 2.45 bits per heavy atom. The molecule has 1 aliphatic carbocycles. The Morgan fingerprint density at radius 3 is 3.09 bits per heavy atom. The number of hydrogen-bond donors (Lipinski definition) is 2. The average molecular weight is 150 g/mol. The summed E-state index contributed by atoms with van der Waals surface area (Å²) >= 11 is 0. The second-order valence-electron chi connectivity index (χ2n) is 3.15. The van der Waals surface area contributed by atoms with Crippen LogP contribution >= 0.6 is 0 Å². The Balaban J connectivity index is 2.07. The molecule has 2 heteroatoms. The van der Waals surface area contributed by atoms with E-state index in [4.69, 9.17) is 0 Å². The highest BCUT2D eigenvalue weighted by Crippen LogP contribution is 2.25. The SMILES string of the molecule is CCc1cc[nH]c1NC1CC1. The molecule has 60 valence electrons. The maximum Gasteiger partial charge on any atom is 0.106 e. The lowest BCUT2D eigenvalue weighted by Gasteiger charge is -2.03. The summed E-state index contributed by atoms with van der Waals surface area (Å²) in [5.41, 5.74) is 1.40. The van der Waals surface area contributed by atoms with Gasteiger partial charge in [-0.15, -0.1) is 0 Å². The smallest absolute Gasteiger partial charge is 0.106 e. The van der Waals surface area contributed by atoms with E-state index in [9.17, 15) is 0 Å². The second-order valence-corrected chi connectivity index (χ2v) is 3.15. The molecule has 1 heterocycles. The molecule has 0 spiro atoms. The molecule has 2 nitrogen and oxygen atoms in total. The maximum atomic E-state index is 3.46. The van der Waals surface area contributed by atoms with Crippen molar-refractivity contribution in [1.82, 2.24) is 4.98 Å². The van der Waals surface area contributed by atoms with Gasteiger partial charge in [0.25, 0.3) is 0 Å². The first kappa shape index (κ1) is 6.77. The van der Waals surface area contributed by atoms with E-state index in [0.29, 0.717) is 0 Å². The average Bonchev–Trinajstić information content (AvgIpc) is 2.68. The van der Waals surface area contributed by atoms with Crippen LogP contribution in [0.3, 0.4) is 0 Å². The van der Waals surface area contributed by atoms with Gasteiger partial charge in [-0.2, -0.15) is 0 Å². The number of aromatic nitrogens is 1. The molecule has 1 aliphatic rings. The molecule has 0 aliphatic heterocycles. The molecule has 0 aromatic carbocycles. The van der Waals surface area contributed by atoms with Crippen LogP contribution in [0.1, 0.15) is 25.3 Å². The van der Waals surface area contributed by atoms with Crippen molar-refractivity contribution in [2.45, 2.75) is 32.2 Å². The van der Waals surface area contributed by atoms with Crippen LogP contribution in [-0.4, -0.2) is 11.0 Å². The standard InChI is InChI=1S/C9H14N2/c1-2-7-5-6-10-9(7)11-8-3-4-8/h5-6,8,10-11H,2-4H2,1H3. The summed E-state index contributed by atoms with van der Waals surface area (Å²) in [6.45, 7) is 2.18. The van der Waals surface area contributed by atoms with Crippen molar-refractivity contribution in [1.29, 1.82) is 0 Å². The van der Waals surface area contributed by atoms with E-state index in [0.717, 1.165) is 12.5 Å². The Labute approximate surface area is 67.0 Å². The van der Waals surface area contributed by atoms with Crippen molar-refractivity contribution in [2.24, 2.45) is 0 Å². The first-order chi connectivity index (χ1) is 5.40. The number of hydrogen-bond acceptors (Lipinski definition) is 1. The van der Waals surface area contributed by atoms with Crippen LogP contribution in [0.15, 0.2) is 12.3 Å². The highest BCUT2D eigenvalue weighted by molar-refractivity contribution is 5.46. The van der Waals surface area contributed by atoms with Gasteiger partial charge in [-0.3, -0.25) is 0 Å². The summed E-state index contributed by atoms with van der Waals surface area (Å²) in [7, 11) is 0. The van der Waals surface area contributed by atoms with Crippen LogP contribution in [0.5, 0.6) is 0 Å². The number of nitrogens with one attached hydrogen (secondary N) is 2. The van der Waals surface area contributed by atoms with Crippen molar-refractivity contribution in [3.8, 4) is 0 Å². The van der Waals surface area contributed by atoms with Crippen LogP contribution in [-0.2, 0) is 6.42 Å². The van der Waals surface area contributed by atoms with Gasteiger partial charge >= 0.3 is 0 Å². The Hall–Kier alpha value is -0.920. The molecule has 1 aromatic rings. The number of aryl methyl sites for hydroxylation is 1. The number of rotatable bonds is 3. The third-order valence-electron chi connectivity index (χ3n) is 2.14. The van der Waals surface area contributed by atoms with E-state index in [1.807, 2.05) is 6.20 Å². The van der Waals surface area contributed by atoms with E-state index in [2.05, 4.69) is 23.3 Å². The summed E-state index contributed by atoms with van der Waals surface area (Å²) in [5, 5.41) is 3.46. The topological polar surface area (TPSA) is 27.8 Å². The fourth-order valence-electron chi connectivity index (χ4n) is 1.26. The summed E-state index contributed by atoms with van der Waals surface area (Å²) < 4.78 is 0. The van der Waals surface area contributed by atoms with Crippen LogP contribution in [0.25, 0.3) is 0 Å².